The number of ketones is 1. The summed E-state index contributed by atoms with van der Waals surface area (Å²) in [7, 11) is 0. The molecule has 0 spiro atoms. The molecule has 0 aromatic heterocycles. The third-order valence-corrected chi connectivity index (χ3v) is 10.8. The van der Waals surface area contributed by atoms with Gasteiger partial charge in [0.15, 0.2) is 5.78 Å². The van der Waals surface area contributed by atoms with Crippen LogP contribution in [-0.2, 0) is 6.54 Å². The van der Waals surface area contributed by atoms with Crippen LogP contribution in [-0.4, -0.2) is 36.0 Å². The Labute approximate surface area is 310 Å². The molecule has 5 rings (SSSR count). The van der Waals surface area contributed by atoms with E-state index in [1.54, 1.807) is 0 Å². The van der Waals surface area contributed by atoms with Crippen molar-refractivity contribution in [2.75, 3.05) is 19.6 Å². The summed E-state index contributed by atoms with van der Waals surface area (Å²) >= 11 is 0. The van der Waals surface area contributed by atoms with Gasteiger partial charge in [0.25, 0.3) is 0 Å². The maximum absolute atomic E-state index is 12.7. The van der Waals surface area contributed by atoms with Crippen molar-refractivity contribution in [1.82, 2.24) is 0 Å². The topological polar surface area (TPSA) is 17.1 Å². The zero-order valence-electron chi connectivity index (χ0n) is 32.0. The second-order valence-electron chi connectivity index (χ2n) is 14.5. The van der Waals surface area contributed by atoms with Crippen LogP contribution in [0.1, 0.15) is 101 Å². The van der Waals surface area contributed by atoms with Crippen LogP contribution in [0.2, 0.25) is 6.32 Å². The van der Waals surface area contributed by atoms with Crippen molar-refractivity contribution in [3.8, 4) is 0 Å². The summed E-state index contributed by atoms with van der Waals surface area (Å²) in [6.07, 6.45) is 10.4. The number of rotatable bonds is 19. The minimum Gasteiger partial charge on any atom is -0.320 e. The molecule has 0 bridgehead atoms. The Balaban J connectivity index is 0.000000233. The molecule has 0 radical (unpaired) electrons. The fraction of sp³-hybridized carbons (Fsp3) is 0.354. The van der Waals surface area contributed by atoms with Gasteiger partial charge in [0.1, 0.15) is 6.54 Å². The van der Waals surface area contributed by atoms with Crippen molar-refractivity contribution >= 4 is 28.3 Å². The third-order valence-electron chi connectivity index (χ3n) is 10.8. The lowest BCUT2D eigenvalue weighted by Crippen LogP contribution is -2.66. The zero-order valence-corrected chi connectivity index (χ0v) is 32.0. The van der Waals surface area contributed by atoms with Crippen LogP contribution in [0.15, 0.2) is 146 Å². The van der Waals surface area contributed by atoms with Gasteiger partial charge in [-0.1, -0.05) is 205 Å². The summed E-state index contributed by atoms with van der Waals surface area (Å²) in [4.78, 5) is 12.7. The molecule has 0 saturated carbocycles. The summed E-state index contributed by atoms with van der Waals surface area (Å²) in [5, 5.41) is 0. The summed E-state index contributed by atoms with van der Waals surface area (Å²) < 4.78 is 1.20. The maximum atomic E-state index is 12.7. The summed E-state index contributed by atoms with van der Waals surface area (Å²) in [5.74, 6) is 0.107. The van der Waals surface area contributed by atoms with Gasteiger partial charge in [0, 0.05) is 16.7 Å². The van der Waals surface area contributed by atoms with E-state index in [2.05, 4.69) is 131 Å². The van der Waals surface area contributed by atoms with Crippen LogP contribution in [0.4, 0.5) is 0 Å². The van der Waals surface area contributed by atoms with Crippen LogP contribution >= 0.6 is 0 Å². The predicted molar refractivity (Wildman–Crippen MR) is 223 cm³/mol. The van der Waals surface area contributed by atoms with Gasteiger partial charge in [0.2, 0.25) is 0 Å². The first-order valence-electron chi connectivity index (χ1n) is 19.9. The minimum atomic E-state index is -0.913. The molecule has 51 heavy (non-hydrogen) atoms. The van der Waals surface area contributed by atoms with Gasteiger partial charge in [-0.25, -0.2) is 0 Å². The number of hydrogen-bond acceptors (Lipinski definition) is 1. The van der Waals surface area contributed by atoms with E-state index in [1.165, 1.54) is 104 Å². The van der Waals surface area contributed by atoms with E-state index >= 15 is 0 Å². The lowest BCUT2D eigenvalue weighted by Gasteiger charge is -2.43. The van der Waals surface area contributed by atoms with Crippen molar-refractivity contribution in [1.29, 1.82) is 0 Å². The molecule has 0 aliphatic rings. The van der Waals surface area contributed by atoms with Crippen LogP contribution in [0, 0.1) is 0 Å². The Hall–Kier alpha value is -4.21. The van der Waals surface area contributed by atoms with Gasteiger partial charge in [-0.3, -0.25) is 4.79 Å². The highest BCUT2D eigenvalue weighted by Crippen LogP contribution is 2.21. The van der Waals surface area contributed by atoms with Gasteiger partial charge in [-0.05, 0) is 19.3 Å². The first kappa shape index (κ1) is 39.6. The zero-order chi connectivity index (χ0) is 36.2. The number of carbonyl (C=O) groups excluding carboxylic acids is 1. The summed E-state index contributed by atoms with van der Waals surface area (Å²) in [5.41, 5.74) is 7.22. The molecular weight excluding hydrogens is 617 g/mol. The molecule has 0 saturated heterocycles. The highest BCUT2D eigenvalue weighted by atomic mass is 16.1. The van der Waals surface area contributed by atoms with Gasteiger partial charge < -0.3 is 4.48 Å². The maximum Gasteiger partial charge on any atom is 0.193 e. The van der Waals surface area contributed by atoms with E-state index in [4.69, 9.17) is 0 Å². The number of unbranched alkanes of at least 4 members (excludes halogenated alkanes) is 4. The Kier molecular flexibility index (Phi) is 16.5. The van der Waals surface area contributed by atoms with Crippen molar-refractivity contribution in [2.45, 2.75) is 91.9 Å². The predicted octanol–water partition coefficient (Wildman–Crippen LogP) is 10.6. The largest absolute Gasteiger partial charge is 0.320 e. The second kappa shape index (κ2) is 21.2. The Morgan fingerprint density at radius 2 is 0.804 bits per heavy atom. The Morgan fingerprint density at radius 3 is 1.18 bits per heavy atom. The van der Waals surface area contributed by atoms with Crippen LogP contribution in [0.25, 0.3) is 0 Å². The first-order chi connectivity index (χ1) is 25.0. The SMILES string of the molecule is CCCC[B-](c1ccccc1)(c1ccccc1)c1ccccc1.CCCC[N+](CCCC)(CCCC)Cc1ccc(C(=O)c2ccccc2)cc1. The molecule has 0 atom stereocenters. The van der Waals surface area contributed by atoms with Crippen molar-refractivity contribution in [3.63, 3.8) is 0 Å². The molecule has 0 fully saturated rings. The fourth-order valence-electron chi connectivity index (χ4n) is 7.89. The lowest BCUT2D eigenvalue weighted by atomic mass is 9.14. The molecule has 0 heterocycles. The van der Waals surface area contributed by atoms with Crippen LogP contribution in [0.3, 0.4) is 0 Å². The molecule has 0 amide bonds. The van der Waals surface area contributed by atoms with Crippen LogP contribution < -0.4 is 16.4 Å². The molecule has 2 nitrogen and oxygen atoms in total. The fourth-order valence-corrected chi connectivity index (χ4v) is 7.89. The summed E-state index contributed by atoms with van der Waals surface area (Å²) in [6, 6.07) is 51.1. The molecule has 3 heteroatoms. The third kappa shape index (κ3) is 11.1. The smallest absolute Gasteiger partial charge is 0.193 e. The minimum absolute atomic E-state index is 0.107. The number of carbonyl (C=O) groups is 1. The van der Waals surface area contributed by atoms with Gasteiger partial charge in [-0.15, -0.1) is 0 Å². The highest BCUT2D eigenvalue weighted by molar-refractivity contribution is 7.11. The van der Waals surface area contributed by atoms with Gasteiger partial charge in [0.05, 0.1) is 25.8 Å². The number of benzene rings is 5. The van der Waals surface area contributed by atoms with Crippen molar-refractivity contribution in [3.05, 3.63) is 162 Å². The normalized spacial score (nSPS) is 11.5. The molecule has 0 N–H and O–H groups in total. The Morgan fingerprint density at radius 1 is 0.451 bits per heavy atom. The molecular formula is C48H62BNO. The molecule has 268 valence electrons. The first-order valence-corrected chi connectivity index (χ1v) is 19.9. The van der Waals surface area contributed by atoms with Gasteiger partial charge >= 0.3 is 0 Å². The number of hydrogen-bond donors (Lipinski definition) is 0. The van der Waals surface area contributed by atoms with E-state index in [0.717, 1.165) is 17.7 Å². The quantitative estimate of drug-likeness (QED) is 0.0482. The summed E-state index contributed by atoms with van der Waals surface area (Å²) in [6.45, 7) is 14.0. The van der Waals surface area contributed by atoms with Crippen molar-refractivity contribution in [2.24, 2.45) is 0 Å². The molecule has 5 aromatic carbocycles. The van der Waals surface area contributed by atoms with Gasteiger partial charge in [-0.2, -0.15) is 22.7 Å². The monoisotopic (exact) mass is 679 g/mol. The molecule has 0 aliphatic heterocycles. The van der Waals surface area contributed by atoms with E-state index in [1.807, 2.05) is 42.5 Å². The Bertz CT molecular complexity index is 1530. The lowest BCUT2D eigenvalue weighted by molar-refractivity contribution is -0.941. The van der Waals surface area contributed by atoms with E-state index < -0.39 is 6.15 Å². The second-order valence-corrected chi connectivity index (χ2v) is 14.5. The highest BCUT2D eigenvalue weighted by Gasteiger charge is 2.29. The van der Waals surface area contributed by atoms with E-state index in [0.29, 0.717) is 0 Å². The molecule has 0 aliphatic carbocycles. The standard InChI is InChI=1S/C26H38NO.C22H24B/c1-4-7-19-27(20-8-5-2,21-9-6-3)22-23-15-17-25(18-16-23)26(28)24-13-11-10-12-14-24;1-2-3-19-23(20-13-7-4-8-14-20,21-15-9-5-10-16-21)22-17-11-6-12-18-22/h10-18H,4-9,19-22H2,1-3H3;4-18H,2-3,19H2,1H3/q+1;-1. The average molecular weight is 680 g/mol. The number of nitrogens with zero attached hydrogens (tertiary/aromatic N) is 1. The molecule has 5 aromatic rings. The van der Waals surface area contributed by atoms with Crippen molar-refractivity contribution < 1.29 is 9.28 Å². The average Bonchev–Trinajstić information content (AvgIpc) is 3.20. The van der Waals surface area contributed by atoms with E-state index in [9.17, 15) is 4.79 Å². The molecule has 0 unspecified atom stereocenters. The van der Waals surface area contributed by atoms with E-state index in [-0.39, 0.29) is 5.78 Å². The van der Waals surface area contributed by atoms with Crippen LogP contribution in [0.5, 0.6) is 0 Å². The number of quaternary nitrogens is 1.